The van der Waals surface area contributed by atoms with Crippen LogP contribution in [0.4, 0.5) is 0 Å². The monoisotopic (exact) mass is 291 g/mol. The highest BCUT2D eigenvalue weighted by atomic mass is 16.5. The number of rotatable bonds is 7. The molecule has 6 heteroatoms. The molecule has 1 aromatic heterocycles. The second-order valence-corrected chi connectivity index (χ2v) is 4.61. The Kier molecular flexibility index (Phi) is 4.81. The molecule has 2 N–H and O–H groups in total. The number of benzene rings is 1. The molecule has 0 unspecified atom stereocenters. The van der Waals surface area contributed by atoms with E-state index >= 15 is 0 Å². The average molecular weight is 291 g/mol. The van der Waals surface area contributed by atoms with Crippen LogP contribution in [0, 0.1) is 0 Å². The Balaban J connectivity index is 2.01. The van der Waals surface area contributed by atoms with Crippen molar-refractivity contribution in [3.63, 3.8) is 0 Å². The average Bonchev–Trinajstić information content (AvgIpc) is 2.91. The van der Waals surface area contributed by atoms with E-state index in [9.17, 15) is 9.90 Å². The number of unbranched alkanes of at least 4 members (excludes halogenated alkanes) is 1. The predicted molar refractivity (Wildman–Crippen MR) is 75.3 cm³/mol. The van der Waals surface area contributed by atoms with E-state index in [1.54, 1.807) is 12.1 Å². The molecule has 6 nitrogen and oxygen atoms in total. The SMILES string of the molecule is COc1ccc(-c2coc(CCCCC(=O)O)n2)c(O)c1. The molecule has 0 aliphatic rings. The zero-order valence-electron chi connectivity index (χ0n) is 11.7. The van der Waals surface area contributed by atoms with Crippen LogP contribution in [-0.2, 0) is 11.2 Å². The maximum Gasteiger partial charge on any atom is 0.303 e. The van der Waals surface area contributed by atoms with Gasteiger partial charge in [0, 0.05) is 24.5 Å². The molecule has 2 rings (SSSR count). The standard InChI is InChI=1S/C15H17NO5/c1-20-10-6-7-11(13(17)8-10)12-9-21-14(16-12)4-2-3-5-15(18)19/h6-9,17H,2-5H2,1H3,(H,18,19). The molecule has 0 saturated heterocycles. The zero-order valence-corrected chi connectivity index (χ0v) is 11.7. The third kappa shape index (κ3) is 3.98. The summed E-state index contributed by atoms with van der Waals surface area (Å²) in [5, 5.41) is 18.5. The van der Waals surface area contributed by atoms with Crippen molar-refractivity contribution < 1.29 is 24.2 Å². The van der Waals surface area contributed by atoms with Gasteiger partial charge in [-0.1, -0.05) is 0 Å². The molecular weight excluding hydrogens is 274 g/mol. The number of carboxylic acids is 1. The molecule has 0 radical (unpaired) electrons. The number of hydrogen-bond acceptors (Lipinski definition) is 5. The van der Waals surface area contributed by atoms with E-state index in [1.165, 1.54) is 19.4 Å². The van der Waals surface area contributed by atoms with Gasteiger partial charge in [0.1, 0.15) is 23.5 Å². The quantitative estimate of drug-likeness (QED) is 0.762. The van der Waals surface area contributed by atoms with Gasteiger partial charge in [-0.25, -0.2) is 4.98 Å². The molecule has 0 fully saturated rings. The van der Waals surface area contributed by atoms with Crippen molar-refractivity contribution in [2.24, 2.45) is 0 Å². The molecule has 21 heavy (non-hydrogen) atoms. The Morgan fingerprint density at radius 1 is 1.38 bits per heavy atom. The van der Waals surface area contributed by atoms with Gasteiger partial charge in [-0.2, -0.15) is 0 Å². The van der Waals surface area contributed by atoms with E-state index < -0.39 is 5.97 Å². The molecular formula is C15H17NO5. The maximum absolute atomic E-state index is 10.4. The van der Waals surface area contributed by atoms with Crippen LogP contribution in [0.2, 0.25) is 0 Å². The molecule has 1 heterocycles. The summed E-state index contributed by atoms with van der Waals surface area (Å²) in [6.45, 7) is 0. The van der Waals surface area contributed by atoms with Crippen LogP contribution in [0.1, 0.15) is 25.2 Å². The van der Waals surface area contributed by atoms with E-state index in [0.717, 1.165) is 0 Å². The smallest absolute Gasteiger partial charge is 0.303 e. The van der Waals surface area contributed by atoms with Crippen LogP contribution in [0.3, 0.4) is 0 Å². The highest BCUT2D eigenvalue weighted by Gasteiger charge is 2.11. The van der Waals surface area contributed by atoms with Gasteiger partial charge in [0.25, 0.3) is 0 Å². The molecule has 112 valence electrons. The summed E-state index contributed by atoms with van der Waals surface area (Å²) in [5.74, 6) is 0.366. The summed E-state index contributed by atoms with van der Waals surface area (Å²) in [6, 6.07) is 4.95. The fourth-order valence-electron chi connectivity index (χ4n) is 1.96. The molecule has 0 bridgehead atoms. The number of nitrogens with zero attached hydrogens (tertiary/aromatic N) is 1. The first kappa shape index (κ1) is 14.9. The molecule has 0 aliphatic carbocycles. The zero-order chi connectivity index (χ0) is 15.2. The van der Waals surface area contributed by atoms with Crippen molar-refractivity contribution in [1.82, 2.24) is 4.98 Å². The van der Waals surface area contributed by atoms with E-state index in [2.05, 4.69) is 4.98 Å². The number of carbonyl (C=O) groups is 1. The Hall–Kier alpha value is -2.50. The first-order valence-electron chi connectivity index (χ1n) is 6.63. The topological polar surface area (TPSA) is 92.8 Å². The highest BCUT2D eigenvalue weighted by molar-refractivity contribution is 5.67. The Morgan fingerprint density at radius 3 is 2.86 bits per heavy atom. The summed E-state index contributed by atoms with van der Waals surface area (Å²) in [6.07, 6.45) is 3.48. The van der Waals surface area contributed by atoms with Gasteiger partial charge in [-0.3, -0.25) is 4.79 Å². The minimum absolute atomic E-state index is 0.0695. The van der Waals surface area contributed by atoms with Crippen LogP contribution in [-0.4, -0.2) is 28.3 Å². The van der Waals surface area contributed by atoms with Crippen molar-refractivity contribution in [2.75, 3.05) is 7.11 Å². The lowest BCUT2D eigenvalue weighted by Gasteiger charge is -2.03. The first-order valence-corrected chi connectivity index (χ1v) is 6.63. The van der Waals surface area contributed by atoms with Crippen LogP contribution >= 0.6 is 0 Å². The van der Waals surface area contributed by atoms with Crippen LogP contribution in [0.15, 0.2) is 28.9 Å². The van der Waals surface area contributed by atoms with E-state index in [1.807, 2.05) is 0 Å². The Labute approximate surface area is 122 Å². The summed E-state index contributed by atoms with van der Waals surface area (Å²) in [7, 11) is 1.53. The summed E-state index contributed by atoms with van der Waals surface area (Å²) < 4.78 is 10.4. The molecule has 0 atom stereocenters. The fraction of sp³-hybridized carbons (Fsp3) is 0.333. The van der Waals surface area contributed by atoms with Crippen LogP contribution < -0.4 is 4.74 Å². The van der Waals surface area contributed by atoms with Gasteiger partial charge in [0.15, 0.2) is 5.89 Å². The number of aromatic hydroxyl groups is 1. The molecule has 0 spiro atoms. The predicted octanol–water partition coefficient (Wildman–Crippen LogP) is 2.85. The Bertz CT molecular complexity index is 620. The lowest BCUT2D eigenvalue weighted by atomic mass is 10.1. The fourth-order valence-corrected chi connectivity index (χ4v) is 1.96. The second-order valence-electron chi connectivity index (χ2n) is 4.61. The van der Waals surface area contributed by atoms with Crippen molar-refractivity contribution in [3.05, 3.63) is 30.4 Å². The van der Waals surface area contributed by atoms with Crippen LogP contribution in [0.5, 0.6) is 11.5 Å². The van der Waals surface area contributed by atoms with E-state index in [-0.39, 0.29) is 12.2 Å². The third-order valence-electron chi connectivity index (χ3n) is 3.06. The largest absolute Gasteiger partial charge is 0.507 e. The minimum Gasteiger partial charge on any atom is -0.507 e. The molecule has 0 amide bonds. The van der Waals surface area contributed by atoms with Gasteiger partial charge in [-0.05, 0) is 25.0 Å². The van der Waals surface area contributed by atoms with E-state index in [4.69, 9.17) is 14.3 Å². The number of carboxylic acid groups (broad SMARTS) is 1. The van der Waals surface area contributed by atoms with Crippen molar-refractivity contribution in [1.29, 1.82) is 0 Å². The number of aromatic nitrogens is 1. The summed E-state index contributed by atoms with van der Waals surface area (Å²) in [4.78, 5) is 14.7. The minimum atomic E-state index is -0.800. The van der Waals surface area contributed by atoms with Crippen molar-refractivity contribution >= 4 is 5.97 Å². The van der Waals surface area contributed by atoms with E-state index in [0.29, 0.717) is 42.2 Å². The van der Waals surface area contributed by atoms with Crippen LogP contribution in [0.25, 0.3) is 11.3 Å². The van der Waals surface area contributed by atoms with Crippen molar-refractivity contribution in [2.45, 2.75) is 25.7 Å². The molecule has 2 aromatic rings. The second kappa shape index (κ2) is 6.78. The normalized spacial score (nSPS) is 10.5. The number of aryl methyl sites for hydroxylation is 1. The first-order chi connectivity index (χ1) is 10.1. The van der Waals surface area contributed by atoms with Gasteiger partial charge >= 0.3 is 5.97 Å². The third-order valence-corrected chi connectivity index (χ3v) is 3.06. The number of aliphatic carboxylic acids is 1. The number of oxazole rings is 1. The molecule has 1 aromatic carbocycles. The maximum atomic E-state index is 10.4. The van der Waals surface area contributed by atoms with Gasteiger partial charge in [0.05, 0.1) is 7.11 Å². The molecule has 0 saturated carbocycles. The lowest BCUT2D eigenvalue weighted by Crippen LogP contribution is -1.95. The van der Waals surface area contributed by atoms with Gasteiger partial charge < -0.3 is 19.4 Å². The number of phenols is 1. The summed E-state index contributed by atoms with van der Waals surface area (Å²) >= 11 is 0. The highest BCUT2D eigenvalue weighted by Crippen LogP contribution is 2.31. The van der Waals surface area contributed by atoms with Gasteiger partial charge in [-0.15, -0.1) is 0 Å². The number of phenolic OH excluding ortho intramolecular Hbond substituents is 1. The van der Waals surface area contributed by atoms with Crippen molar-refractivity contribution in [3.8, 4) is 22.8 Å². The number of ether oxygens (including phenoxy) is 1. The van der Waals surface area contributed by atoms with Gasteiger partial charge in [0.2, 0.25) is 0 Å². The molecule has 0 aliphatic heterocycles. The number of hydrogen-bond donors (Lipinski definition) is 2. The summed E-state index contributed by atoms with van der Waals surface area (Å²) in [5.41, 5.74) is 1.11. The Morgan fingerprint density at radius 2 is 2.19 bits per heavy atom. The lowest BCUT2D eigenvalue weighted by molar-refractivity contribution is -0.137. The number of methoxy groups -OCH3 is 1.